The summed E-state index contributed by atoms with van der Waals surface area (Å²) in [5.41, 5.74) is 7.19. The van der Waals surface area contributed by atoms with Crippen LogP contribution in [0.4, 0.5) is 5.69 Å². The molecule has 1 heterocycles. The lowest BCUT2D eigenvalue weighted by Gasteiger charge is -2.52. The Morgan fingerprint density at radius 2 is 1.50 bits per heavy atom. The second kappa shape index (κ2) is 11.2. The number of nitrogens with zero attached hydrogens (tertiary/aromatic N) is 2. The molecule has 0 unspecified atom stereocenters. The molecule has 3 aliphatic carbocycles. The number of nitrogens with one attached hydrogen (secondary N) is 1. The van der Waals surface area contributed by atoms with Gasteiger partial charge in [-0.3, -0.25) is 14.4 Å². The van der Waals surface area contributed by atoms with Gasteiger partial charge in [0.2, 0.25) is 17.7 Å². The van der Waals surface area contributed by atoms with E-state index in [0.717, 1.165) is 34.2 Å². The number of hydrazone groups is 1. The third-order valence-electron chi connectivity index (χ3n) is 9.19. The number of rotatable bonds is 9. The minimum atomic E-state index is -1.04. The zero-order valence-electron chi connectivity index (χ0n) is 24.5. The number of anilines is 1. The predicted molar refractivity (Wildman–Crippen MR) is 169 cm³/mol. The maximum absolute atomic E-state index is 14.5. The van der Waals surface area contributed by atoms with Crippen molar-refractivity contribution in [1.82, 2.24) is 5.43 Å². The number of ether oxygens (including phenoxy) is 1. The third-order valence-corrected chi connectivity index (χ3v) is 9.19. The van der Waals surface area contributed by atoms with Gasteiger partial charge >= 0.3 is 0 Å². The first-order valence-electron chi connectivity index (χ1n) is 15.2. The molecular weight excluding hydrogens is 550 g/mol. The van der Waals surface area contributed by atoms with Crippen molar-refractivity contribution in [3.05, 3.63) is 131 Å². The number of aryl methyl sites for hydroxylation is 1. The standard InChI is InChI=1S/C37H33N3O4/c1-2-22-44-26-19-17-25(18-20-26)40-35(42)33-32-27-12-6-8-14-29(27)37(34(33)36(40)43,30-15-9-7-13-28(30)32)23-38-39-31(41)21-16-24-10-4-3-5-11-24/h3-15,17-20,23,32-34H,2,16,21-22H2,1H3,(H,39,41)/b38-23-/t32?,33-,34+,37?/m1/s1. The van der Waals surface area contributed by atoms with E-state index in [9.17, 15) is 14.4 Å². The van der Waals surface area contributed by atoms with Gasteiger partial charge < -0.3 is 4.74 Å². The van der Waals surface area contributed by atoms with E-state index in [4.69, 9.17) is 4.74 Å². The van der Waals surface area contributed by atoms with Crippen LogP contribution in [0.15, 0.2) is 108 Å². The van der Waals surface area contributed by atoms with Gasteiger partial charge in [-0.2, -0.15) is 5.10 Å². The Balaban J connectivity index is 1.28. The van der Waals surface area contributed by atoms with Crippen molar-refractivity contribution in [3.63, 3.8) is 0 Å². The summed E-state index contributed by atoms with van der Waals surface area (Å²) in [5.74, 6) is -1.60. The number of imide groups is 1. The zero-order chi connectivity index (χ0) is 30.3. The molecule has 8 rings (SSSR count). The fourth-order valence-electron chi connectivity index (χ4n) is 7.38. The van der Waals surface area contributed by atoms with Crippen molar-refractivity contribution in [2.24, 2.45) is 16.9 Å². The van der Waals surface area contributed by atoms with E-state index in [-0.39, 0.29) is 30.1 Å². The van der Waals surface area contributed by atoms with Crippen LogP contribution < -0.4 is 15.1 Å². The van der Waals surface area contributed by atoms with Gasteiger partial charge in [-0.05, 0) is 64.9 Å². The average Bonchev–Trinajstić information content (AvgIpc) is 3.34. The number of amides is 3. The van der Waals surface area contributed by atoms with Crippen LogP contribution in [0.25, 0.3) is 0 Å². The second-order valence-corrected chi connectivity index (χ2v) is 11.7. The molecule has 0 aromatic heterocycles. The van der Waals surface area contributed by atoms with Crippen LogP contribution in [0.5, 0.6) is 5.75 Å². The highest BCUT2D eigenvalue weighted by Gasteiger charge is 2.68. The highest BCUT2D eigenvalue weighted by molar-refractivity contribution is 6.25. The normalized spacial score (nSPS) is 22.9. The molecule has 7 nitrogen and oxygen atoms in total. The molecule has 0 radical (unpaired) electrons. The summed E-state index contributed by atoms with van der Waals surface area (Å²) >= 11 is 0. The summed E-state index contributed by atoms with van der Waals surface area (Å²) in [6.07, 6.45) is 3.46. The van der Waals surface area contributed by atoms with Crippen LogP contribution in [0.3, 0.4) is 0 Å². The fourth-order valence-corrected chi connectivity index (χ4v) is 7.38. The molecule has 7 heteroatoms. The molecule has 44 heavy (non-hydrogen) atoms. The van der Waals surface area contributed by atoms with Crippen LogP contribution in [0.2, 0.25) is 0 Å². The first kappa shape index (κ1) is 27.8. The topological polar surface area (TPSA) is 88.1 Å². The van der Waals surface area contributed by atoms with Crippen molar-refractivity contribution < 1.29 is 19.1 Å². The largest absolute Gasteiger partial charge is 0.494 e. The van der Waals surface area contributed by atoms with Gasteiger partial charge in [0.15, 0.2) is 0 Å². The van der Waals surface area contributed by atoms with E-state index in [2.05, 4.69) is 10.5 Å². The molecular formula is C37H33N3O4. The van der Waals surface area contributed by atoms with Gasteiger partial charge in [0.05, 0.1) is 29.5 Å². The van der Waals surface area contributed by atoms with Crippen molar-refractivity contribution in [1.29, 1.82) is 0 Å². The molecule has 1 saturated heterocycles. The van der Waals surface area contributed by atoms with Gasteiger partial charge in [-0.15, -0.1) is 0 Å². The maximum Gasteiger partial charge on any atom is 0.240 e. The summed E-state index contributed by atoms with van der Waals surface area (Å²) < 4.78 is 5.73. The SMILES string of the molecule is CCCOc1ccc(N2C(=O)[C@@H]3C4c5ccccc5C(/C=N\NC(=O)CCc5ccccc5)(c5ccccc54)[C@@H]3C2=O)cc1. The van der Waals surface area contributed by atoms with Gasteiger partial charge in [0.1, 0.15) is 5.75 Å². The molecule has 4 aliphatic rings. The van der Waals surface area contributed by atoms with E-state index >= 15 is 0 Å². The molecule has 1 fully saturated rings. The molecule has 0 spiro atoms. The van der Waals surface area contributed by atoms with E-state index in [0.29, 0.717) is 24.5 Å². The molecule has 2 atom stereocenters. The van der Waals surface area contributed by atoms with Crippen LogP contribution in [0, 0.1) is 11.8 Å². The van der Waals surface area contributed by atoms with Crippen molar-refractivity contribution in [2.75, 3.05) is 11.5 Å². The molecule has 1 N–H and O–H groups in total. The fraction of sp³-hybridized carbons (Fsp3) is 0.243. The van der Waals surface area contributed by atoms with E-state index in [1.807, 2.05) is 85.8 Å². The van der Waals surface area contributed by atoms with E-state index in [1.165, 1.54) is 4.90 Å². The summed E-state index contributed by atoms with van der Waals surface area (Å²) in [7, 11) is 0. The lowest BCUT2D eigenvalue weighted by atomic mass is 9.47. The molecule has 2 bridgehead atoms. The average molecular weight is 584 g/mol. The third kappa shape index (κ3) is 4.34. The van der Waals surface area contributed by atoms with Gasteiger partial charge in [0, 0.05) is 18.6 Å². The minimum Gasteiger partial charge on any atom is -0.494 e. The summed E-state index contributed by atoms with van der Waals surface area (Å²) in [6, 6.07) is 33.0. The lowest BCUT2D eigenvalue weighted by Crippen LogP contribution is -2.54. The summed E-state index contributed by atoms with van der Waals surface area (Å²) in [5, 5.41) is 4.51. The minimum absolute atomic E-state index is 0.218. The molecule has 0 saturated carbocycles. The Morgan fingerprint density at radius 1 is 0.864 bits per heavy atom. The zero-order valence-corrected chi connectivity index (χ0v) is 24.5. The Kier molecular flexibility index (Phi) is 7.09. The number of hydrogen-bond acceptors (Lipinski definition) is 5. The number of carbonyl (C=O) groups is 3. The monoisotopic (exact) mass is 583 g/mol. The van der Waals surface area contributed by atoms with Crippen molar-refractivity contribution >= 4 is 29.6 Å². The Bertz CT molecular complexity index is 1720. The highest BCUT2D eigenvalue weighted by Crippen LogP contribution is 2.63. The van der Waals surface area contributed by atoms with Crippen LogP contribution in [0.1, 0.15) is 53.5 Å². The Morgan fingerprint density at radius 3 is 2.16 bits per heavy atom. The molecule has 220 valence electrons. The Hall–Kier alpha value is -5.04. The molecule has 4 aromatic rings. The van der Waals surface area contributed by atoms with E-state index in [1.54, 1.807) is 30.5 Å². The smallest absolute Gasteiger partial charge is 0.240 e. The first-order valence-corrected chi connectivity index (χ1v) is 15.2. The molecule has 3 amide bonds. The van der Waals surface area contributed by atoms with E-state index < -0.39 is 17.3 Å². The van der Waals surface area contributed by atoms with Crippen LogP contribution in [-0.4, -0.2) is 30.5 Å². The molecule has 4 aromatic carbocycles. The second-order valence-electron chi connectivity index (χ2n) is 11.7. The summed E-state index contributed by atoms with van der Waals surface area (Å²) in [6.45, 7) is 2.63. The van der Waals surface area contributed by atoms with Crippen LogP contribution >= 0.6 is 0 Å². The quantitative estimate of drug-likeness (QED) is 0.154. The maximum atomic E-state index is 14.5. The summed E-state index contributed by atoms with van der Waals surface area (Å²) in [4.78, 5) is 43.0. The van der Waals surface area contributed by atoms with Gasteiger partial charge in [-0.25, -0.2) is 10.3 Å². The predicted octanol–water partition coefficient (Wildman–Crippen LogP) is 5.76. The molecule has 1 aliphatic heterocycles. The first-order chi connectivity index (χ1) is 21.5. The van der Waals surface area contributed by atoms with Crippen molar-refractivity contribution in [2.45, 2.75) is 37.5 Å². The van der Waals surface area contributed by atoms with Crippen LogP contribution in [-0.2, 0) is 26.2 Å². The lowest BCUT2D eigenvalue weighted by molar-refractivity contribution is -0.123. The van der Waals surface area contributed by atoms with Gasteiger partial charge in [-0.1, -0.05) is 85.8 Å². The number of carbonyl (C=O) groups excluding carboxylic acids is 3. The number of benzene rings is 4. The van der Waals surface area contributed by atoms with Crippen molar-refractivity contribution in [3.8, 4) is 5.75 Å². The highest BCUT2D eigenvalue weighted by atomic mass is 16.5. The Labute approximate surface area is 256 Å². The van der Waals surface area contributed by atoms with Gasteiger partial charge in [0.25, 0.3) is 0 Å². The number of hydrogen-bond donors (Lipinski definition) is 1.